The van der Waals surface area contributed by atoms with Crippen LogP contribution >= 0.6 is 0 Å². The maximum atomic E-state index is 2.60. The number of rotatable bonds is 1. The molecule has 0 aliphatic heterocycles. The molecule has 122 valence electrons. The van der Waals surface area contributed by atoms with Crippen LogP contribution in [0.2, 0.25) is 0 Å². The Labute approximate surface area is 133 Å². The molecule has 21 heavy (non-hydrogen) atoms. The first kappa shape index (κ1) is 15.9. The molecule has 3 rings (SSSR count). The van der Waals surface area contributed by atoms with Gasteiger partial charge in [0.25, 0.3) is 0 Å². The van der Waals surface area contributed by atoms with Crippen LogP contribution in [-0.4, -0.2) is 0 Å². The van der Waals surface area contributed by atoms with Crippen molar-refractivity contribution in [2.45, 2.75) is 86.0 Å². The highest BCUT2D eigenvalue weighted by Crippen LogP contribution is 2.56. The van der Waals surface area contributed by atoms with Crippen molar-refractivity contribution < 1.29 is 0 Å². The predicted octanol–water partition coefficient (Wildman–Crippen LogP) is 6.55. The average Bonchev–Trinajstić information content (AvgIpc) is 2.55. The first-order valence-corrected chi connectivity index (χ1v) is 9.89. The van der Waals surface area contributed by atoms with Gasteiger partial charge in [0.05, 0.1) is 0 Å². The molecule has 0 spiro atoms. The molecule has 0 heteroatoms. The van der Waals surface area contributed by atoms with Crippen LogP contribution in [0.3, 0.4) is 0 Å². The van der Waals surface area contributed by atoms with Gasteiger partial charge in [0.2, 0.25) is 0 Å². The Morgan fingerprint density at radius 2 is 1.57 bits per heavy atom. The van der Waals surface area contributed by atoms with Gasteiger partial charge in [-0.25, -0.2) is 0 Å². The minimum atomic E-state index is 0.618. The molecule has 0 radical (unpaired) electrons. The number of hydrogen-bond donors (Lipinski definition) is 0. The van der Waals surface area contributed by atoms with Gasteiger partial charge in [0, 0.05) is 0 Å². The summed E-state index contributed by atoms with van der Waals surface area (Å²) in [7, 11) is 0. The molecule has 0 aromatic carbocycles. The summed E-state index contributed by atoms with van der Waals surface area (Å²) >= 11 is 0. The zero-order valence-electron chi connectivity index (χ0n) is 15.2. The molecule has 3 fully saturated rings. The largest absolute Gasteiger partial charge is 0.0625 e. The lowest BCUT2D eigenvalue weighted by Gasteiger charge is -2.52. The van der Waals surface area contributed by atoms with Crippen LogP contribution in [0.25, 0.3) is 0 Å². The van der Waals surface area contributed by atoms with E-state index < -0.39 is 0 Å². The van der Waals surface area contributed by atoms with Gasteiger partial charge in [0.15, 0.2) is 0 Å². The van der Waals surface area contributed by atoms with Crippen LogP contribution in [0.15, 0.2) is 0 Å². The molecule has 0 nitrogen and oxygen atoms in total. The average molecular weight is 291 g/mol. The monoisotopic (exact) mass is 290 g/mol. The van der Waals surface area contributed by atoms with Gasteiger partial charge in [-0.2, -0.15) is 0 Å². The van der Waals surface area contributed by atoms with E-state index >= 15 is 0 Å². The molecule has 0 N–H and O–H groups in total. The predicted molar refractivity (Wildman–Crippen MR) is 92.2 cm³/mol. The van der Waals surface area contributed by atoms with Crippen molar-refractivity contribution in [1.29, 1.82) is 0 Å². The fourth-order valence-electron chi connectivity index (χ4n) is 6.82. The molecule has 0 amide bonds. The number of hydrogen-bond acceptors (Lipinski definition) is 0. The summed E-state index contributed by atoms with van der Waals surface area (Å²) in [6.45, 7) is 12.6. The highest BCUT2D eigenvalue weighted by Gasteiger charge is 2.47. The van der Waals surface area contributed by atoms with Crippen LogP contribution in [0.5, 0.6) is 0 Å². The second-order valence-corrected chi connectivity index (χ2v) is 9.93. The highest BCUT2D eigenvalue weighted by atomic mass is 14.5. The first-order chi connectivity index (χ1) is 9.89. The van der Waals surface area contributed by atoms with E-state index in [0.29, 0.717) is 5.41 Å². The summed E-state index contributed by atoms with van der Waals surface area (Å²) in [5.41, 5.74) is 0.618. The topological polar surface area (TPSA) is 0 Å². The normalized spacial score (nSPS) is 46.6. The van der Waals surface area contributed by atoms with Crippen LogP contribution in [0.1, 0.15) is 86.0 Å². The van der Waals surface area contributed by atoms with Gasteiger partial charge in [-0.1, -0.05) is 41.0 Å². The van der Waals surface area contributed by atoms with Gasteiger partial charge in [-0.3, -0.25) is 0 Å². The smallest absolute Gasteiger partial charge is 0.0351 e. The highest BCUT2D eigenvalue weighted by molar-refractivity contribution is 4.97. The number of fused-ring (bicyclic) bond motifs is 3. The van der Waals surface area contributed by atoms with Crippen molar-refractivity contribution >= 4 is 0 Å². The molecule has 6 unspecified atom stereocenters. The quantitative estimate of drug-likeness (QED) is 0.514. The fraction of sp³-hybridized carbons (Fsp3) is 1.00. The Bertz CT molecular complexity index is 353. The minimum Gasteiger partial charge on any atom is -0.0625 e. The van der Waals surface area contributed by atoms with E-state index in [2.05, 4.69) is 34.6 Å². The lowest BCUT2D eigenvalue weighted by Crippen LogP contribution is -2.44. The van der Waals surface area contributed by atoms with Crippen molar-refractivity contribution in [3.05, 3.63) is 0 Å². The van der Waals surface area contributed by atoms with Crippen LogP contribution in [0.4, 0.5) is 0 Å². The molecule has 0 aromatic rings. The summed E-state index contributed by atoms with van der Waals surface area (Å²) in [6, 6.07) is 0. The minimum absolute atomic E-state index is 0.618. The van der Waals surface area contributed by atoms with Crippen molar-refractivity contribution in [1.82, 2.24) is 0 Å². The van der Waals surface area contributed by atoms with Crippen molar-refractivity contribution in [3.8, 4) is 0 Å². The molecule has 3 aliphatic carbocycles. The second-order valence-electron chi connectivity index (χ2n) is 9.93. The third kappa shape index (κ3) is 3.06. The van der Waals surface area contributed by atoms with E-state index in [4.69, 9.17) is 0 Å². The Morgan fingerprint density at radius 3 is 2.29 bits per heavy atom. The third-order valence-electron chi connectivity index (χ3n) is 7.82. The Hall–Kier alpha value is 0. The summed E-state index contributed by atoms with van der Waals surface area (Å²) in [6.07, 6.45) is 12.2. The Kier molecular flexibility index (Phi) is 4.46. The maximum absolute atomic E-state index is 2.60. The molecule has 0 bridgehead atoms. The molecule has 3 saturated carbocycles. The zero-order chi connectivity index (χ0) is 15.2. The maximum Gasteiger partial charge on any atom is -0.0351 e. The van der Waals surface area contributed by atoms with Gasteiger partial charge in [-0.05, 0) is 91.8 Å². The SMILES string of the molecule is CC(C)C1CCC2C3CCCC(C)(C)CC3CCC2C1C. The van der Waals surface area contributed by atoms with Gasteiger partial charge in [-0.15, -0.1) is 0 Å². The standard InChI is InChI=1S/C21H38/c1-14(2)17-10-11-20-18(15(17)3)9-8-16-13-21(4,5)12-6-7-19(16)20/h14-20H,6-13H2,1-5H3. The molecular formula is C21H38. The van der Waals surface area contributed by atoms with Gasteiger partial charge in [0.1, 0.15) is 0 Å². The van der Waals surface area contributed by atoms with Crippen LogP contribution < -0.4 is 0 Å². The van der Waals surface area contributed by atoms with Crippen molar-refractivity contribution in [2.75, 3.05) is 0 Å². The zero-order valence-corrected chi connectivity index (χ0v) is 15.2. The van der Waals surface area contributed by atoms with Crippen molar-refractivity contribution in [2.24, 2.45) is 46.8 Å². The molecule has 0 aromatic heterocycles. The van der Waals surface area contributed by atoms with Crippen molar-refractivity contribution in [3.63, 3.8) is 0 Å². The van der Waals surface area contributed by atoms with E-state index in [1.54, 1.807) is 25.7 Å². The summed E-state index contributed by atoms with van der Waals surface area (Å²) in [5.74, 6) is 7.18. The third-order valence-corrected chi connectivity index (χ3v) is 7.82. The molecular weight excluding hydrogens is 252 g/mol. The fourth-order valence-corrected chi connectivity index (χ4v) is 6.82. The van der Waals surface area contributed by atoms with E-state index in [9.17, 15) is 0 Å². The summed E-state index contributed by atoms with van der Waals surface area (Å²) < 4.78 is 0. The van der Waals surface area contributed by atoms with Gasteiger partial charge >= 0.3 is 0 Å². The lowest BCUT2D eigenvalue weighted by molar-refractivity contribution is -0.0234. The Balaban J connectivity index is 1.75. The molecule has 6 atom stereocenters. The van der Waals surface area contributed by atoms with E-state index in [0.717, 1.165) is 41.4 Å². The lowest BCUT2D eigenvalue weighted by atomic mass is 9.53. The van der Waals surface area contributed by atoms with Gasteiger partial charge < -0.3 is 0 Å². The molecule has 0 saturated heterocycles. The molecule has 3 aliphatic rings. The Morgan fingerprint density at radius 1 is 0.857 bits per heavy atom. The van der Waals surface area contributed by atoms with E-state index in [-0.39, 0.29) is 0 Å². The van der Waals surface area contributed by atoms with Crippen LogP contribution in [-0.2, 0) is 0 Å². The van der Waals surface area contributed by atoms with E-state index in [1.807, 2.05) is 0 Å². The summed E-state index contributed by atoms with van der Waals surface area (Å²) in [4.78, 5) is 0. The molecule has 0 heterocycles. The van der Waals surface area contributed by atoms with E-state index in [1.165, 1.54) is 25.7 Å². The van der Waals surface area contributed by atoms with Crippen LogP contribution in [0, 0.1) is 46.8 Å². The summed E-state index contributed by atoms with van der Waals surface area (Å²) in [5, 5.41) is 0. The second kappa shape index (κ2) is 5.89. The first-order valence-electron chi connectivity index (χ1n) is 9.89.